The van der Waals surface area contributed by atoms with Crippen molar-refractivity contribution in [2.75, 3.05) is 26.1 Å². The summed E-state index contributed by atoms with van der Waals surface area (Å²) in [7, 11) is 2.97. The summed E-state index contributed by atoms with van der Waals surface area (Å²) in [5.74, 6) is 0.991. The molecular weight excluding hydrogens is 421 g/mol. The lowest BCUT2D eigenvalue weighted by Crippen LogP contribution is -2.20. The van der Waals surface area contributed by atoms with E-state index in [9.17, 15) is 4.79 Å². The van der Waals surface area contributed by atoms with Gasteiger partial charge in [-0.25, -0.2) is 0 Å². The maximum absolute atomic E-state index is 12.1. The minimum absolute atomic E-state index is 0.186. The van der Waals surface area contributed by atoms with Crippen molar-refractivity contribution < 1.29 is 19.0 Å². The molecule has 0 bridgehead atoms. The molecule has 8 heteroatoms. The van der Waals surface area contributed by atoms with Crippen LogP contribution in [0.2, 0.25) is 10.0 Å². The summed E-state index contributed by atoms with van der Waals surface area (Å²) in [5.41, 5.74) is 0.433. The molecule has 0 unspecified atom stereocenters. The summed E-state index contributed by atoms with van der Waals surface area (Å²) in [6, 6.07) is 8.17. The molecule has 0 aliphatic rings. The molecule has 0 spiro atoms. The average Bonchev–Trinajstić information content (AvgIpc) is 2.55. The predicted octanol–water partition coefficient (Wildman–Crippen LogP) is 4.79. The van der Waals surface area contributed by atoms with Gasteiger partial charge in [-0.1, -0.05) is 23.2 Å². The Morgan fingerprint density at radius 3 is 2.42 bits per heavy atom. The zero-order chi connectivity index (χ0) is 17.7. The highest BCUT2D eigenvalue weighted by Gasteiger charge is 2.13. The fourth-order valence-corrected chi connectivity index (χ4v) is 2.91. The largest absolute Gasteiger partial charge is 0.495 e. The number of nitrogens with one attached hydrogen (secondary N) is 1. The SMILES string of the molecule is COc1cc(NC(=O)COc2ccc(Cl)cc2Br)c(OC)cc1Cl. The Morgan fingerprint density at radius 2 is 1.79 bits per heavy atom. The van der Waals surface area contributed by atoms with Crippen molar-refractivity contribution in [1.29, 1.82) is 0 Å². The highest BCUT2D eigenvalue weighted by molar-refractivity contribution is 9.10. The van der Waals surface area contributed by atoms with E-state index in [1.165, 1.54) is 14.2 Å². The summed E-state index contributed by atoms with van der Waals surface area (Å²) in [6.07, 6.45) is 0. The second kappa shape index (κ2) is 8.46. The number of anilines is 1. The van der Waals surface area contributed by atoms with Crippen molar-refractivity contribution in [3.63, 3.8) is 0 Å². The number of methoxy groups -OCH3 is 2. The van der Waals surface area contributed by atoms with E-state index in [1.54, 1.807) is 30.3 Å². The van der Waals surface area contributed by atoms with Crippen molar-refractivity contribution in [2.24, 2.45) is 0 Å². The third kappa shape index (κ3) is 4.69. The Morgan fingerprint density at radius 1 is 1.08 bits per heavy atom. The normalized spacial score (nSPS) is 10.2. The van der Waals surface area contributed by atoms with Crippen LogP contribution in [-0.2, 0) is 4.79 Å². The summed E-state index contributed by atoms with van der Waals surface area (Å²) in [5, 5.41) is 3.64. The Balaban J connectivity index is 2.06. The molecule has 0 aliphatic heterocycles. The number of rotatable bonds is 6. The molecule has 0 fully saturated rings. The Kier molecular flexibility index (Phi) is 6.60. The number of carbonyl (C=O) groups excluding carboxylic acids is 1. The molecule has 0 aromatic heterocycles. The molecule has 0 aliphatic carbocycles. The summed E-state index contributed by atoms with van der Waals surface area (Å²) in [6.45, 7) is -0.186. The maximum atomic E-state index is 12.1. The molecule has 0 heterocycles. The number of hydrogen-bond donors (Lipinski definition) is 1. The van der Waals surface area contributed by atoms with Crippen LogP contribution in [-0.4, -0.2) is 26.7 Å². The highest BCUT2D eigenvalue weighted by atomic mass is 79.9. The first-order chi connectivity index (χ1) is 11.4. The number of ether oxygens (including phenoxy) is 3. The van der Waals surface area contributed by atoms with Crippen molar-refractivity contribution in [3.05, 3.63) is 44.8 Å². The minimum atomic E-state index is -0.362. The van der Waals surface area contributed by atoms with Gasteiger partial charge < -0.3 is 19.5 Å². The van der Waals surface area contributed by atoms with Crippen LogP contribution in [0.15, 0.2) is 34.8 Å². The number of carbonyl (C=O) groups is 1. The Hall–Kier alpha value is -1.63. The molecule has 128 valence electrons. The van der Waals surface area contributed by atoms with Crippen LogP contribution < -0.4 is 19.5 Å². The second-order valence-corrected chi connectivity index (χ2v) is 6.30. The fourth-order valence-electron chi connectivity index (χ4n) is 1.88. The topological polar surface area (TPSA) is 56.8 Å². The molecule has 2 aromatic carbocycles. The summed E-state index contributed by atoms with van der Waals surface area (Å²) >= 11 is 15.2. The van der Waals surface area contributed by atoms with E-state index in [4.69, 9.17) is 37.4 Å². The van der Waals surface area contributed by atoms with Gasteiger partial charge in [0.2, 0.25) is 0 Å². The first kappa shape index (κ1) is 18.7. The zero-order valence-electron chi connectivity index (χ0n) is 12.9. The smallest absolute Gasteiger partial charge is 0.262 e. The van der Waals surface area contributed by atoms with Gasteiger partial charge in [0.15, 0.2) is 6.61 Å². The Labute approximate surface area is 157 Å². The highest BCUT2D eigenvalue weighted by Crippen LogP contribution is 2.36. The standard InChI is InChI=1S/C16H14BrCl2NO4/c1-22-14-7-12(15(23-2)6-11(14)19)20-16(21)8-24-13-4-3-9(18)5-10(13)17/h3-7H,8H2,1-2H3,(H,20,21). The lowest BCUT2D eigenvalue weighted by atomic mass is 10.2. The average molecular weight is 435 g/mol. The van der Waals surface area contributed by atoms with E-state index in [-0.39, 0.29) is 12.5 Å². The van der Waals surface area contributed by atoms with Gasteiger partial charge >= 0.3 is 0 Å². The molecule has 0 radical (unpaired) electrons. The molecule has 0 atom stereocenters. The first-order valence-corrected chi connectivity index (χ1v) is 8.28. The van der Waals surface area contributed by atoms with Crippen molar-refractivity contribution in [3.8, 4) is 17.2 Å². The molecule has 0 saturated heterocycles. The van der Waals surface area contributed by atoms with Gasteiger partial charge in [-0.15, -0.1) is 0 Å². The molecular formula is C16H14BrCl2NO4. The maximum Gasteiger partial charge on any atom is 0.262 e. The quantitative estimate of drug-likeness (QED) is 0.709. The molecule has 2 rings (SSSR count). The number of amides is 1. The van der Waals surface area contributed by atoms with Crippen LogP contribution in [0, 0.1) is 0 Å². The summed E-state index contributed by atoms with van der Waals surface area (Å²) < 4.78 is 16.5. The van der Waals surface area contributed by atoms with Crippen molar-refractivity contribution in [1.82, 2.24) is 0 Å². The van der Waals surface area contributed by atoms with E-state index >= 15 is 0 Å². The molecule has 1 amide bonds. The molecule has 24 heavy (non-hydrogen) atoms. The van der Waals surface area contributed by atoms with Crippen LogP contribution in [0.5, 0.6) is 17.2 Å². The van der Waals surface area contributed by atoms with Gasteiger partial charge in [0.05, 0.1) is 29.4 Å². The van der Waals surface area contributed by atoms with Gasteiger partial charge in [-0.2, -0.15) is 0 Å². The van der Waals surface area contributed by atoms with Crippen molar-refractivity contribution >= 4 is 50.7 Å². The monoisotopic (exact) mass is 433 g/mol. The number of benzene rings is 2. The molecule has 0 saturated carbocycles. The third-order valence-corrected chi connectivity index (χ3v) is 4.15. The van der Waals surface area contributed by atoms with Gasteiger partial charge in [0.1, 0.15) is 17.2 Å². The van der Waals surface area contributed by atoms with Gasteiger partial charge in [0, 0.05) is 17.2 Å². The van der Waals surface area contributed by atoms with Crippen molar-refractivity contribution in [2.45, 2.75) is 0 Å². The second-order valence-electron chi connectivity index (χ2n) is 4.60. The van der Waals surface area contributed by atoms with Crippen LogP contribution in [0.1, 0.15) is 0 Å². The lowest BCUT2D eigenvalue weighted by molar-refractivity contribution is -0.118. The van der Waals surface area contributed by atoms with E-state index in [1.807, 2.05) is 0 Å². The van der Waals surface area contributed by atoms with Gasteiger partial charge in [0.25, 0.3) is 5.91 Å². The van der Waals surface area contributed by atoms with E-state index in [2.05, 4.69) is 21.2 Å². The van der Waals surface area contributed by atoms with Gasteiger partial charge in [-0.05, 0) is 34.1 Å². The summed E-state index contributed by atoms with van der Waals surface area (Å²) in [4.78, 5) is 12.1. The van der Waals surface area contributed by atoms with E-state index in [0.717, 1.165) is 0 Å². The third-order valence-electron chi connectivity index (χ3n) is 3.00. The molecule has 5 nitrogen and oxygen atoms in total. The minimum Gasteiger partial charge on any atom is -0.495 e. The number of hydrogen-bond acceptors (Lipinski definition) is 4. The van der Waals surface area contributed by atoms with Crippen LogP contribution in [0.3, 0.4) is 0 Å². The first-order valence-electron chi connectivity index (χ1n) is 6.73. The predicted molar refractivity (Wildman–Crippen MR) is 97.8 cm³/mol. The number of halogens is 3. The van der Waals surface area contributed by atoms with E-state index < -0.39 is 0 Å². The zero-order valence-corrected chi connectivity index (χ0v) is 16.0. The van der Waals surface area contributed by atoms with E-state index in [0.29, 0.717) is 37.5 Å². The molecule has 2 aromatic rings. The van der Waals surface area contributed by atoms with Crippen LogP contribution >= 0.6 is 39.1 Å². The van der Waals surface area contributed by atoms with Gasteiger partial charge in [-0.3, -0.25) is 4.79 Å². The van der Waals surface area contributed by atoms with Crippen LogP contribution in [0.25, 0.3) is 0 Å². The Bertz CT molecular complexity index is 755. The molecule has 1 N–H and O–H groups in total. The lowest BCUT2D eigenvalue weighted by Gasteiger charge is -2.14. The fraction of sp³-hybridized carbons (Fsp3) is 0.188. The van der Waals surface area contributed by atoms with Crippen LogP contribution in [0.4, 0.5) is 5.69 Å².